The number of hydrogen-bond donors (Lipinski definition) is 1. The van der Waals surface area contributed by atoms with E-state index in [0.29, 0.717) is 13.1 Å². The Bertz CT molecular complexity index is 495. The Labute approximate surface area is 104 Å². The van der Waals surface area contributed by atoms with Gasteiger partial charge in [-0.2, -0.15) is 0 Å². The third-order valence-corrected chi connectivity index (χ3v) is 3.17. The van der Waals surface area contributed by atoms with E-state index >= 15 is 0 Å². The van der Waals surface area contributed by atoms with Crippen LogP contribution >= 0.6 is 0 Å². The summed E-state index contributed by atoms with van der Waals surface area (Å²) in [7, 11) is 1.71. The van der Waals surface area contributed by atoms with E-state index in [1.54, 1.807) is 25.8 Å². The molecule has 0 unspecified atom stereocenters. The van der Waals surface area contributed by atoms with Gasteiger partial charge in [0, 0.05) is 20.1 Å². The molecule has 1 aromatic rings. The lowest BCUT2D eigenvalue weighted by atomic mass is 9.97. The summed E-state index contributed by atoms with van der Waals surface area (Å²) in [6, 6.07) is 0. The largest absolute Gasteiger partial charge is 0.379 e. The third kappa shape index (κ3) is 1.69. The SMILES string of the molecule is CN1CCN(C(=O)c2nonc2N)C(C)(C)C1=O. The van der Waals surface area contributed by atoms with Crippen LogP contribution in [0.25, 0.3) is 0 Å². The van der Waals surface area contributed by atoms with E-state index in [1.165, 1.54) is 4.90 Å². The number of amides is 2. The van der Waals surface area contributed by atoms with Crippen LogP contribution < -0.4 is 5.73 Å². The number of likely N-dealkylation sites (N-methyl/N-ethyl adjacent to an activating group) is 1. The van der Waals surface area contributed by atoms with E-state index in [1.807, 2.05) is 0 Å². The summed E-state index contributed by atoms with van der Waals surface area (Å²) in [6.45, 7) is 4.26. The third-order valence-electron chi connectivity index (χ3n) is 3.17. The second kappa shape index (κ2) is 3.97. The topological polar surface area (TPSA) is 106 Å². The molecule has 18 heavy (non-hydrogen) atoms. The fourth-order valence-corrected chi connectivity index (χ4v) is 2.04. The number of nitrogens with two attached hydrogens (primary N) is 1. The Morgan fingerprint density at radius 1 is 1.39 bits per heavy atom. The maximum Gasteiger partial charge on any atom is 0.280 e. The summed E-state index contributed by atoms with van der Waals surface area (Å²) in [5.74, 6) is -0.639. The van der Waals surface area contributed by atoms with Crippen LogP contribution in [-0.2, 0) is 4.79 Å². The molecule has 2 amide bonds. The number of rotatable bonds is 1. The molecule has 0 spiro atoms. The molecule has 0 saturated carbocycles. The molecule has 1 aliphatic heterocycles. The Morgan fingerprint density at radius 2 is 2.06 bits per heavy atom. The zero-order valence-electron chi connectivity index (χ0n) is 10.5. The molecular weight excluding hydrogens is 238 g/mol. The highest BCUT2D eigenvalue weighted by molar-refractivity contribution is 6.00. The molecule has 0 atom stereocenters. The molecule has 1 aromatic heterocycles. The Kier molecular flexibility index (Phi) is 2.72. The maximum absolute atomic E-state index is 12.3. The van der Waals surface area contributed by atoms with Crippen LogP contribution in [-0.4, -0.2) is 57.6 Å². The highest BCUT2D eigenvalue weighted by atomic mass is 16.6. The highest BCUT2D eigenvalue weighted by Crippen LogP contribution is 2.24. The summed E-state index contributed by atoms with van der Waals surface area (Å²) in [5, 5.41) is 6.84. The summed E-state index contributed by atoms with van der Waals surface area (Å²) in [6.07, 6.45) is 0. The van der Waals surface area contributed by atoms with Gasteiger partial charge in [0.25, 0.3) is 5.91 Å². The van der Waals surface area contributed by atoms with Gasteiger partial charge < -0.3 is 15.5 Å². The standard InChI is InChI=1S/C10H15N5O3/c1-10(2)9(17)14(3)4-5-15(10)8(16)6-7(11)13-18-12-6/h4-5H2,1-3H3,(H2,11,13). The minimum absolute atomic E-state index is 0.0552. The lowest BCUT2D eigenvalue weighted by molar-refractivity contribution is -0.144. The van der Waals surface area contributed by atoms with Crippen molar-refractivity contribution in [2.45, 2.75) is 19.4 Å². The van der Waals surface area contributed by atoms with Gasteiger partial charge in [-0.1, -0.05) is 0 Å². The molecule has 0 aromatic carbocycles. The smallest absolute Gasteiger partial charge is 0.280 e. The number of anilines is 1. The van der Waals surface area contributed by atoms with Gasteiger partial charge in [0.2, 0.25) is 17.4 Å². The van der Waals surface area contributed by atoms with Crippen LogP contribution in [0.1, 0.15) is 24.3 Å². The first-order valence-electron chi connectivity index (χ1n) is 5.51. The van der Waals surface area contributed by atoms with E-state index in [4.69, 9.17) is 5.73 Å². The van der Waals surface area contributed by atoms with Crippen molar-refractivity contribution in [2.75, 3.05) is 25.9 Å². The van der Waals surface area contributed by atoms with Gasteiger partial charge in [0.05, 0.1) is 0 Å². The number of nitrogens with zero attached hydrogens (tertiary/aromatic N) is 4. The van der Waals surface area contributed by atoms with Crippen molar-refractivity contribution in [3.05, 3.63) is 5.69 Å². The summed E-state index contributed by atoms with van der Waals surface area (Å²) in [5.41, 5.74) is 4.50. The zero-order valence-corrected chi connectivity index (χ0v) is 10.5. The molecular formula is C10H15N5O3. The van der Waals surface area contributed by atoms with E-state index in [2.05, 4.69) is 14.9 Å². The predicted octanol–water partition coefficient (Wildman–Crippen LogP) is -0.655. The van der Waals surface area contributed by atoms with Crippen LogP contribution in [0.3, 0.4) is 0 Å². The lowest BCUT2D eigenvalue weighted by Crippen LogP contribution is -2.63. The van der Waals surface area contributed by atoms with Crippen molar-refractivity contribution in [3.63, 3.8) is 0 Å². The molecule has 2 rings (SSSR count). The molecule has 0 aliphatic carbocycles. The van der Waals surface area contributed by atoms with Gasteiger partial charge >= 0.3 is 0 Å². The first-order chi connectivity index (χ1) is 8.35. The number of carbonyl (C=O) groups excluding carboxylic acids is 2. The van der Waals surface area contributed by atoms with Gasteiger partial charge in [-0.15, -0.1) is 0 Å². The van der Waals surface area contributed by atoms with E-state index < -0.39 is 11.4 Å². The zero-order chi connectivity index (χ0) is 13.5. The van der Waals surface area contributed by atoms with E-state index in [-0.39, 0.29) is 17.4 Å². The predicted molar refractivity (Wildman–Crippen MR) is 61.5 cm³/mol. The lowest BCUT2D eigenvalue weighted by Gasteiger charge is -2.44. The molecule has 8 nitrogen and oxygen atoms in total. The fraction of sp³-hybridized carbons (Fsp3) is 0.600. The monoisotopic (exact) mass is 253 g/mol. The second-order valence-electron chi connectivity index (χ2n) is 4.74. The number of carbonyl (C=O) groups is 2. The average molecular weight is 253 g/mol. The van der Waals surface area contributed by atoms with Crippen molar-refractivity contribution in [2.24, 2.45) is 0 Å². The van der Waals surface area contributed by atoms with Gasteiger partial charge in [-0.05, 0) is 24.2 Å². The Balaban J connectivity index is 2.31. The first-order valence-corrected chi connectivity index (χ1v) is 5.51. The highest BCUT2D eigenvalue weighted by Gasteiger charge is 2.44. The molecule has 0 radical (unpaired) electrons. The molecule has 8 heteroatoms. The molecule has 0 bridgehead atoms. The first kappa shape index (κ1) is 12.3. The van der Waals surface area contributed by atoms with E-state index in [0.717, 1.165) is 0 Å². The van der Waals surface area contributed by atoms with Gasteiger partial charge in [-0.3, -0.25) is 9.59 Å². The quantitative estimate of drug-likeness (QED) is 0.712. The van der Waals surface area contributed by atoms with Crippen LogP contribution in [0.5, 0.6) is 0 Å². The summed E-state index contributed by atoms with van der Waals surface area (Å²) < 4.78 is 4.41. The van der Waals surface area contributed by atoms with Crippen LogP contribution in [0, 0.1) is 0 Å². The van der Waals surface area contributed by atoms with Crippen molar-refractivity contribution in [1.29, 1.82) is 0 Å². The average Bonchev–Trinajstić information content (AvgIpc) is 2.72. The van der Waals surface area contributed by atoms with E-state index in [9.17, 15) is 9.59 Å². The Hall–Kier alpha value is -2.12. The van der Waals surface area contributed by atoms with Crippen molar-refractivity contribution in [1.82, 2.24) is 20.1 Å². The molecule has 2 N–H and O–H groups in total. The number of piperazine rings is 1. The second-order valence-corrected chi connectivity index (χ2v) is 4.74. The molecule has 2 heterocycles. The summed E-state index contributed by atoms with van der Waals surface area (Å²) >= 11 is 0. The molecule has 1 aliphatic rings. The van der Waals surface area contributed by atoms with Crippen LogP contribution in [0.2, 0.25) is 0 Å². The minimum atomic E-state index is -0.935. The Morgan fingerprint density at radius 3 is 2.61 bits per heavy atom. The van der Waals surface area contributed by atoms with Crippen LogP contribution in [0.15, 0.2) is 4.63 Å². The molecule has 1 saturated heterocycles. The number of aromatic nitrogens is 2. The molecule has 1 fully saturated rings. The van der Waals surface area contributed by atoms with Crippen molar-refractivity contribution < 1.29 is 14.2 Å². The summed E-state index contributed by atoms with van der Waals surface area (Å²) in [4.78, 5) is 27.3. The van der Waals surface area contributed by atoms with Crippen molar-refractivity contribution in [3.8, 4) is 0 Å². The van der Waals surface area contributed by atoms with Gasteiger partial charge in [0.15, 0.2) is 0 Å². The minimum Gasteiger partial charge on any atom is -0.379 e. The van der Waals surface area contributed by atoms with Gasteiger partial charge in [-0.25, -0.2) is 4.63 Å². The maximum atomic E-state index is 12.3. The number of nitrogen functional groups attached to an aromatic ring is 1. The fourth-order valence-electron chi connectivity index (χ4n) is 2.04. The van der Waals surface area contributed by atoms with Crippen molar-refractivity contribution >= 4 is 17.6 Å². The number of hydrogen-bond acceptors (Lipinski definition) is 6. The normalized spacial score (nSPS) is 19.2. The molecule has 98 valence electrons. The van der Waals surface area contributed by atoms with Gasteiger partial charge in [0.1, 0.15) is 5.54 Å². The van der Waals surface area contributed by atoms with Crippen LogP contribution in [0.4, 0.5) is 5.82 Å².